The first-order valence-corrected chi connectivity index (χ1v) is 7.25. The zero-order chi connectivity index (χ0) is 15.9. The Morgan fingerprint density at radius 2 is 2.19 bits per heavy atom. The molecule has 0 amide bonds. The average molecular weight is 308 g/mol. The van der Waals surface area contributed by atoms with Crippen LogP contribution in [0.5, 0.6) is 0 Å². The fraction of sp³-hybridized carbons (Fsp3) is 0.929. The maximum absolute atomic E-state index is 11.8. The van der Waals surface area contributed by atoms with Gasteiger partial charge in [0.05, 0.1) is 32.0 Å². The Labute approximate surface area is 124 Å². The van der Waals surface area contributed by atoms with Gasteiger partial charge in [0.1, 0.15) is 0 Å². The van der Waals surface area contributed by atoms with Gasteiger partial charge in [-0.3, -0.25) is 0 Å². The number of ether oxygens (including phenoxy) is 4. The first kappa shape index (κ1) is 18.3. The molecule has 0 aromatic carbocycles. The highest BCUT2D eigenvalue weighted by atomic mass is 19.3. The summed E-state index contributed by atoms with van der Waals surface area (Å²) in [5.74, 6) is -1.10. The summed E-state index contributed by atoms with van der Waals surface area (Å²) >= 11 is 0. The van der Waals surface area contributed by atoms with E-state index in [4.69, 9.17) is 18.9 Å². The van der Waals surface area contributed by atoms with Crippen LogP contribution >= 0.6 is 0 Å². The highest BCUT2D eigenvalue weighted by Gasteiger charge is 2.34. The minimum atomic E-state index is -0.842. The van der Waals surface area contributed by atoms with Gasteiger partial charge in [0.25, 0.3) is 0 Å². The highest BCUT2D eigenvalue weighted by Crippen LogP contribution is 2.25. The molecule has 1 fully saturated rings. The van der Waals surface area contributed by atoms with Gasteiger partial charge < -0.3 is 18.9 Å². The van der Waals surface area contributed by atoms with Crippen molar-refractivity contribution in [2.24, 2.45) is 0 Å². The van der Waals surface area contributed by atoms with Crippen LogP contribution in [0.2, 0.25) is 0 Å². The van der Waals surface area contributed by atoms with Gasteiger partial charge in [0, 0.05) is 12.8 Å². The fourth-order valence-corrected chi connectivity index (χ4v) is 2.21. The molecule has 1 saturated heterocycles. The molecule has 124 valence electrons. The summed E-state index contributed by atoms with van der Waals surface area (Å²) < 4.78 is 33.5. The maximum atomic E-state index is 11.8. The molecule has 1 heterocycles. The van der Waals surface area contributed by atoms with Gasteiger partial charge in [-0.15, -0.1) is 0 Å². The second-order valence-corrected chi connectivity index (χ2v) is 5.48. The minimum Gasteiger partial charge on any atom is -0.464 e. The SMILES string of the molecule is CCOC(=O)C(CCOF)OC(C)CC1COC(C)(C)O1. The lowest BCUT2D eigenvalue weighted by Crippen LogP contribution is -2.33. The second-order valence-electron chi connectivity index (χ2n) is 5.48. The summed E-state index contributed by atoms with van der Waals surface area (Å²) in [6.45, 7) is 7.74. The topological polar surface area (TPSA) is 63.2 Å². The number of halogens is 1. The third-order valence-corrected chi connectivity index (χ3v) is 3.07. The molecule has 0 saturated carbocycles. The number of hydrogen-bond donors (Lipinski definition) is 0. The molecule has 7 heteroatoms. The minimum absolute atomic E-state index is 0.0877. The zero-order valence-electron chi connectivity index (χ0n) is 13.1. The van der Waals surface area contributed by atoms with Crippen LogP contribution in [-0.2, 0) is 28.7 Å². The first-order chi connectivity index (χ1) is 9.88. The summed E-state index contributed by atoms with van der Waals surface area (Å²) in [6, 6.07) is 0. The van der Waals surface area contributed by atoms with E-state index >= 15 is 0 Å². The van der Waals surface area contributed by atoms with Crippen molar-refractivity contribution in [3.8, 4) is 0 Å². The number of rotatable bonds is 9. The molecule has 1 aliphatic heterocycles. The number of hydrogen-bond acceptors (Lipinski definition) is 6. The number of carbonyl (C=O) groups is 1. The van der Waals surface area contributed by atoms with Gasteiger partial charge in [0.2, 0.25) is 0 Å². The molecule has 0 aromatic heterocycles. The van der Waals surface area contributed by atoms with Crippen molar-refractivity contribution in [1.29, 1.82) is 0 Å². The van der Waals surface area contributed by atoms with Crippen LogP contribution in [0.1, 0.15) is 40.5 Å². The number of carbonyl (C=O) groups excluding carboxylic acids is 1. The van der Waals surface area contributed by atoms with E-state index < -0.39 is 17.9 Å². The molecular weight excluding hydrogens is 283 g/mol. The molecule has 1 aliphatic rings. The van der Waals surface area contributed by atoms with Crippen LogP contribution in [0.15, 0.2) is 0 Å². The van der Waals surface area contributed by atoms with E-state index in [0.29, 0.717) is 13.0 Å². The third-order valence-electron chi connectivity index (χ3n) is 3.07. The van der Waals surface area contributed by atoms with E-state index in [9.17, 15) is 9.32 Å². The van der Waals surface area contributed by atoms with Gasteiger partial charge in [0.15, 0.2) is 11.9 Å². The van der Waals surface area contributed by atoms with Gasteiger partial charge in [-0.1, -0.05) is 0 Å². The smallest absolute Gasteiger partial charge is 0.335 e. The molecular formula is C14H25FO6. The van der Waals surface area contributed by atoms with Gasteiger partial charge in [-0.2, -0.15) is 4.94 Å². The molecule has 1 rings (SSSR count). The van der Waals surface area contributed by atoms with Crippen LogP contribution in [-0.4, -0.2) is 49.9 Å². The summed E-state index contributed by atoms with van der Waals surface area (Å²) in [7, 11) is 0. The zero-order valence-corrected chi connectivity index (χ0v) is 13.1. The Morgan fingerprint density at radius 1 is 1.48 bits per heavy atom. The second kappa shape index (κ2) is 8.63. The van der Waals surface area contributed by atoms with E-state index in [-0.39, 0.29) is 31.8 Å². The standard InChI is InChI=1S/C14H25FO6/c1-5-17-13(16)12(6-7-19-15)20-10(2)8-11-9-18-14(3,4)21-11/h10-12H,5-9H2,1-4H3. The van der Waals surface area contributed by atoms with Crippen LogP contribution in [0.4, 0.5) is 4.53 Å². The van der Waals surface area contributed by atoms with Crippen LogP contribution in [0.25, 0.3) is 0 Å². The molecule has 0 N–H and O–H groups in total. The molecule has 3 atom stereocenters. The van der Waals surface area contributed by atoms with Crippen molar-refractivity contribution in [1.82, 2.24) is 0 Å². The van der Waals surface area contributed by atoms with Crippen molar-refractivity contribution in [2.75, 3.05) is 19.8 Å². The predicted octanol–water partition coefficient (Wildman–Crippen LogP) is 2.16. The van der Waals surface area contributed by atoms with E-state index in [1.807, 2.05) is 20.8 Å². The van der Waals surface area contributed by atoms with E-state index in [2.05, 4.69) is 4.94 Å². The molecule has 0 radical (unpaired) electrons. The number of esters is 1. The largest absolute Gasteiger partial charge is 0.464 e. The maximum Gasteiger partial charge on any atom is 0.335 e. The molecule has 3 unspecified atom stereocenters. The summed E-state index contributed by atoms with van der Waals surface area (Å²) in [4.78, 5) is 15.3. The van der Waals surface area contributed by atoms with Crippen LogP contribution < -0.4 is 0 Å². The Hall–Kier alpha value is -0.760. The van der Waals surface area contributed by atoms with Crippen LogP contribution in [0.3, 0.4) is 0 Å². The van der Waals surface area contributed by atoms with Gasteiger partial charge in [-0.25, -0.2) is 4.79 Å². The van der Waals surface area contributed by atoms with Crippen LogP contribution in [0, 0.1) is 0 Å². The third kappa shape index (κ3) is 6.69. The molecule has 0 bridgehead atoms. The summed E-state index contributed by atoms with van der Waals surface area (Å²) in [5, 5.41) is 0. The monoisotopic (exact) mass is 308 g/mol. The lowest BCUT2D eigenvalue weighted by Gasteiger charge is -2.23. The molecule has 0 aromatic rings. The average Bonchev–Trinajstić information content (AvgIpc) is 2.73. The first-order valence-electron chi connectivity index (χ1n) is 7.25. The molecule has 0 spiro atoms. The van der Waals surface area contributed by atoms with Gasteiger partial charge >= 0.3 is 5.97 Å². The van der Waals surface area contributed by atoms with Crippen molar-refractivity contribution < 1.29 is 33.2 Å². The lowest BCUT2D eigenvalue weighted by atomic mass is 10.1. The molecule has 6 nitrogen and oxygen atoms in total. The summed E-state index contributed by atoms with van der Waals surface area (Å²) in [6.07, 6.45) is -0.494. The summed E-state index contributed by atoms with van der Waals surface area (Å²) in [5.41, 5.74) is 0. The Morgan fingerprint density at radius 3 is 2.71 bits per heavy atom. The van der Waals surface area contributed by atoms with Crippen molar-refractivity contribution in [2.45, 2.75) is 64.6 Å². The van der Waals surface area contributed by atoms with E-state index in [0.717, 1.165) is 0 Å². The van der Waals surface area contributed by atoms with Gasteiger partial charge in [-0.05, 0) is 32.2 Å². The van der Waals surface area contributed by atoms with Crippen molar-refractivity contribution in [3.05, 3.63) is 0 Å². The quantitative estimate of drug-likeness (QED) is 0.608. The Balaban J connectivity index is 2.43. The fourth-order valence-electron chi connectivity index (χ4n) is 2.21. The molecule has 0 aliphatic carbocycles. The van der Waals surface area contributed by atoms with E-state index in [1.54, 1.807) is 6.92 Å². The molecule has 21 heavy (non-hydrogen) atoms. The Kier molecular flexibility index (Phi) is 7.51. The normalized spacial score (nSPS) is 23.8. The predicted molar refractivity (Wildman–Crippen MR) is 72.2 cm³/mol. The Bertz CT molecular complexity index is 323. The van der Waals surface area contributed by atoms with Crippen molar-refractivity contribution in [3.63, 3.8) is 0 Å². The highest BCUT2D eigenvalue weighted by molar-refractivity contribution is 5.74. The lowest BCUT2D eigenvalue weighted by molar-refractivity contribution is -0.173. The van der Waals surface area contributed by atoms with Crippen molar-refractivity contribution >= 4 is 5.97 Å². The van der Waals surface area contributed by atoms with E-state index in [1.165, 1.54) is 0 Å².